The van der Waals surface area contributed by atoms with Crippen LogP contribution >= 0.6 is 0 Å². The van der Waals surface area contributed by atoms with E-state index in [0.29, 0.717) is 12.3 Å². The number of rotatable bonds is 2. The van der Waals surface area contributed by atoms with Crippen LogP contribution in [0, 0.1) is 0 Å². The molecule has 100 valence electrons. The van der Waals surface area contributed by atoms with Gasteiger partial charge in [0, 0.05) is 24.5 Å². The maximum absolute atomic E-state index is 12.5. The molecule has 1 aliphatic rings. The molecule has 0 saturated carbocycles. The number of para-hydroxylation sites is 1. The largest absolute Gasteiger partial charge is 0.451 e. The first-order valence-corrected chi connectivity index (χ1v) is 6.79. The molecule has 4 heteroatoms. The summed E-state index contributed by atoms with van der Waals surface area (Å²) in [4.78, 5) is 14.4. The van der Waals surface area contributed by atoms with Crippen molar-refractivity contribution >= 4 is 16.9 Å². The number of hydrogen-bond acceptors (Lipinski definition) is 3. The van der Waals surface area contributed by atoms with Crippen LogP contribution in [-0.4, -0.2) is 29.9 Å². The molecular formula is C15H18N2O2. The number of carbonyl (C=O) groups excluding carboxylic acids is 1. The van der Waals surface area contributed by atoms with Gasteiger partial charge in [0.15, 0.2) is 5.76 Å². The number of nitrogens with two attached hydrogens (primary N) is 1. The van der Waals surface area contributed by atoms with Crippen LogP contribution in [0.5, 0.6) is 0 Å². The van der Waals surface area contributed by atoms with Crippen molar-refractivity contribution in [2.75, 3.05) is 13.1 Å². The minimum Gasteiger partial charge on any atom is -0.451 e. The number of benzene rings is 1. The third-order valence-electron chi connectivity index (χ3n) is 3.80. The summed E-state index contributed by atoms with van der Waals surface area (Å²) >= 11 is 0. The highest BCUT2D eigenvalue weighted by Crippen LogP contribution is 2.23. The summed E-state index contributed by atoms with van der Waals surface area (Å²) in [6.45, 7) is 1.30. The zero-order valence-electron chi connectivity index (χ0n) is 10.8. The molecule has 1 aromatic carbocycles. The molecule has 2 heterocycles. The number of nitrogens with zero attached hydrogens (tertiary/aromatic N) is 1. The maximum Gasteiger partial charge on any atom is 0.289 e. The topological polar surface area (TPSA) is 59.5 Å². The molecule has 2 aromatic rings. The number of furan rings is 1. The molecule has 1 atom stereocenters. The molecule has 1 saturated heterocycles. The van der Waals surface area contributed by atoms with E-state index < -0.39 is 0 Å². The zero-order chi connectivity index (χ0) is 13.2. The van der Waals surface area contributed by atoms with Gasteiger partial charge in [0.1, 0.15) is 5.58 Å². The number of hydrogen-bond donors (Lipinski definition) is 1. The Kier molecular flexibility index (Phi) is 3.25. The quantitative estimate of drug-likeness (QED) is 0.899. The Hall–Kier alpha value is -1.81. The molecule has 1 amide bonds. The molecule has 4 nitrogen and oxygen atoms in total. The van der Waals surface area contributed by atoms with Crippen molar-refractivity contribution in [2.45, 2.75) is 25.3 Å². The monoisotopic (exact) mass is 258 g/mol. The molecule has 0 spiro atoms. The van der Waals surface area contributed by atoms with Gasteiger partial charge in [-0.1, -0.05) is 18.2 Å². The molecule has 1 fully saturated rings. The summed E-state index contributed by atoms with van der Waals surface area (Å²) in [5.74, 6) is 0.382. The van der Waals surface area contributed by atoms with E-state index in [9.17, 15) is 4.79 Å². The van der Waals surface area contributed by atoms with E-state index >= 15 is 0 Å². The molecule has 19 heavy (non-hydrogen) atoms. The van der Waals surface area contributed by atoms with Gasteiger partial charge in [0.05, 0.1) is 0 Å². The Morgan fingerprint density at radius 2 is 2.21 bits per heavy atom. The van der Waals surface area contributed by atoms with Gasteiger partial charge in [0.25, 0.3) is 5.91 Å². The first kappa shape index (κ1) is 12.2. The number of likely N-dealkylation sites (tertiary alicyclic amines) is 1. The number of piperidine rings is 1. The predicted octanol–water partition coefficient (Wildman–Crippen LogP) is 2.39. The van der Waals surface area contributed by atoms with Gasteiger partial charge in [-0.05, 0) is 31.4 Å². The maximum atomic E-state index is 12.5. The van der Waals surface area contributed by atoms with Crippen LogP contribution in [0.1, 0.15) is 29.8 Å². The van der Waals surface area contributed by atoms with Crippen molar-refractivity contribution in [3.8, 4) is 0 Å². The fourth-order valence-corrected chi connectivity index (χ4v) is 2.74. The first-order chi connectivity index (χ1) is 9.29. The third kappa shape index (κ3) is 2.24. The van der Waals surface area contributed by atoms with E-state index in [4.69, 9.17) is 10.2 Å². The summed E-state index contributed by atoms with van der Waals surface area (Å²) in [6, 6.07) is 9.64. The average Bonchev–Trinajstić information content (AvgIpc) is 2.90. The molecule has 2 N–H and O–H groups in total. The molecule has 1 unspecified atom stereocenters. The summed E-state index contributed by atoms with van der Waals surface area (Å²) in [5.41, 5.74) is 6.52. The van der Waals surface area contributed by atoms with Crippen molar-refractivity contribution in [1.82, 2.24) is 4.90 Å². The Balaban J connectivity index is 1.89. The van der Waals surface area contributed by atoms with Gasteiger partial charge in [-0.2, -0.15) is 0 Å². The van der Waals surface area contributed by atoms with Crippen LogP contribution in [0.3, 0.4) is 0 Å². The van der Waals surface area contributed by atoms with E-state index in [1.165, 1.54) is 0 Å². The van der Waals surface area contributed by atoms with Crippen molar-refractivity contribution < 1.29 is 9.21 Å². The van der Waals surface area contributed by atoms with Crippen molar-refractivity contribution in [2.24, 2.45) is 5.73 Å². The third-order valence-corrected chi connectivity index (χ3v) is 3.80. The summed E-state index contributed by atoms with van der Waals surface area (Å²) < 4.78 is 5.64. The van der Waals surface area contributed by atoms with Crippen molar-refractivity contribution in [3.63, 3.8) is 0 Å². The van der Waals surface area contributed by atoms with Crippen LogP contribution in [0.25, 0.3) is 11.0 Å². The molecule has 1 aliphatic heterocycles. The number of fused-ring (bicyclic) bond motifs is 1. The van der Waals surface area contributed by atoms with Gasteiger partial charge in [-0.25, -0.2) is 0 Å². The molecule has 0 radical (unpaired) electrons. The highest BCUT2D eigenvalue weighted by atomic mass is 16.3. The highest BCUT2D eigenvalue weighted by Gasteiger charge is 2.28. The van der Waals surface area contributed by atoms with Crippen LogP contribution in [0.15, 0.2) is 34.7 Å². The Morgan fingerprint density at radius 3 is 3.00 bits per heavy atom. The van der Waals surface area contributed by atoms with Gasteiger partial charge >= 0.3 is 0 Å². The fourth-order valence-electron chi connectivity index (χ4n) is 2.74. The van der Waals surface area contributed by atoms with Crippen LogP contribution < -0.4 is 5.73 Å². The number of carbonyl (C=O) groups is 1. The highest BCUT2D eigenvalue weighted by molar-refractivity contribution is 5.96. The lowest BCUT2D eigenvalue weighted by molar-refractivity contribution is 0.0593. The minimum absolute atomic E-state index is 0.0358. The van der Waals surface area contributed by atoms with Crippen LogP contribution in [0.4, 0.5) is 0 Å². The standard InChI is InChI=1S/C15H18N2O2/c16-10-12-6-3-4-8-17(12)15(18)14-9-11-5-1-2-7-13(11)19-14/h1-2,5,7,9,12H,3-4,6,8,10,16H2. The second-order valence-electron chi connectivity index (χ2n) is 5.03. The SMILES string of the molecule is NCC1CCCCN1C(=O)c1cc2ccccc2o1. The van der Waals surface area contributed by atoms with E-state index in [-0.39, 0.29) is 11.9 Å². The predicted molar refractivity (Wildman–Crippen MR) is 73.9 cm³/mol. The van der Waals surface area contributed by atoms with Crippen molar-refractivity contribution in [1.29, 1.82) is 0 Å². The second-order valence-corrected chi connectivity index (χ2v) is 5.03. The normalized spacial score (nSPS) is 19.8. The van der Waals surface area contributed by atoms with Crippen LogP contribution in [0.2, 0.25) is 0 Å². The minimum atomic E-state index is -0.0358. The zero-order valence-corrected chi connectivity index (χ0v) is 10.8. The fraction of sp³-hybridized carbons (Fsp3) is 0.400. The molecule has 1 aromatic heterocycles. The second kappa shape index (κ2) is 5.05. The van der Waals surface area contributed by atoms with E-state index in [1.807, 2.05) is 35.2 Å². The van der Waals surface area contributed by atoms with Gasteiger partial charge in [-0.3, -0.25) is 4.79 Å². The summed E-state index contributed by atoms with van der Waals surface area (Å²) in [5, 5.41) is 0.965. The Morgan fingerprint density at radius 1 is 1.37 bits per heavy atom. The smallest absolute Gasteiger partial charge is 0.289 e. The molecule has 3 rings (SSSR count). The van der Waals surface area contributed by atoms with E-state index in [1.54, 1.807) is 0 Å². The average molecular weight is 258 g/mol. The van der Waals surface area contributed by atoms with Crippen LogP contribution in [-0.2, 0) is 0 Å². The van der Waals surface area contributed by atoms with Gasteiger partial charge in [-0.15, -0.1) is 0 Å². The summed E-state index contributed by atoms with van der Waals surface area (Å²) in [7, 11) is 0. The number of amides is 1. The molecule has 0 bridgehead atoms. The van der Waals surface area contributed by atoms with E-state index in [2.05, 4.69) is 0 Å². The van der Waals surface area contributed by atoms with Crippen molar-refractivity contribution in [3.05, 3.63) is 36.1 Å². The Bertz CT molecular complexity index is 558. The van der Waals surface area contributed by atoms with Gasteiger partial charge < -0.3 is 15.1 Å². The Labute approximate surface area is 112 Å². The first-order valence-electron chi connectivity index (χ1n) is 6.79. The molecule has 0 aliphatic carbocycles. The van der Waals surface area contributed by atoms with Gasteiger partial charge in [0.2, 0.25) is 0 Å². The van der Waals surface area contributed by atoms with E-state index in [0.717, 1.165) is 36.8 Å². The lowest BCUT2D eigenvalue weighted by Gasteiger charge is -2.34. The molecular weight excluding hydrogens is 240 g/mol. The lowest BCUT2D eigenvalue weighted by Crippen LogP contribution is -2.47. The lowest BCUT2D eigenvalue weighted by atomic mass is 10.0. The summed E-state index contributed by atoms with van der Waals surface area (Å²) in [6.07, 6.45) is 3.18.